The minimum atomic E-state index is -0.367. The molecule has 2 rings (SSSR count). The number of amides is 1. The molecule has 2 aromatic rings. The zero-order valence-electron chi connectivity index (χ0n) is 10.1. The minimum absolute atomic E-state index is 0.0902. The lowest BCUT2D eigenvalue weighted by molar-refractivity contribution is 0.0950. The summed E-state index contributed by atoms with van der Waals surface area (Å²) in [5.41, 5.74) is 0.746. The molecule has 0 aliphatic carbocycles. The molecule has 0 heterocycles. The molecule has 0 aliphatic rings. The first-order chi connectivity index (χ1) is 9.49. The van der Waals surface area contributed by atoms with E-state index in [2.05, 4.69) is 37.2 Å². The number of nitrogens with one attached hydrogen (secondary N) is 1. The molecule has 0 fully saturated rings. The third-order valence-electron chi connectivity index (χ3n) is 2.64. The van der Waals surface area contributed by atoms with Crippen molar-refractivity contribution in [2.45, 2.75) is 6.54 Å². The van der Waals surface area contributed by atoms with Crippen LogP contribution in [0.5, 0.6) is 0 Å². The van der Waals surface area contributed by atoms with E-state index in [0.717, 1.165) is 4.47 Å². The fourth-order valence-electron chi connectivity index (χ4n) is 1.63. The van der Waals surface area contributed by atoms with Gasteiger partial charge in [-0.05, 0) is 46.3 Å². The Bertz CT molecular complexity index is 664. The Balaban J connectivity index is 2.13. The first kappa shape index (κ1) is 15.5. The van der Waals surface area contributed by atoms with Crippen molar-refractivity contribution < 1.29 is 9.18 Å². The maximum Gasteiger partial charge on any atom is 0.253 e. The number of carbonyl (C=O) groups excluding carboxylic acids is 1. The Morgan fingerprint density at radius 2 is 2.00 bits per heavy atom. The van der Waals surface area contributed by atoms with Crippen molar-refractivity contribution in [1.29, 1.82) is 0 Å². The average Bonchev–Trinajstić information content (AvgIpc) is 2.42. The van der Waals surface area contributed by atoms with E-state index in [4.69, 9.17) is 11.6 Å². The zero-order valence-corrected chi connectivity index (χ0v) is 14.0. The van der Waals surface area contributed by atoms with Crippen molar-refractivity contribution in [2.24, 2.45) is 0 Å². The third kappa shape index (κ3) is 3.59. The van der Waals surface area contributed by atoms with Gasteiger partial charge >= 0.3 is 0 Å². The van der Waals surface area contributed by atoms with E-state index < -0.39 is 0 Å². The third-order valence-corrected chi connectivity index (χ3v) is 4.43. The predicted octanol–water partition coefficient (Wildman–Crippen LogP) is 4.93. The smallest absolute Gasteiger partial charge is 0.253 e. The number of rotatable bonds is 3. The molecule has 0 bridgehead atoms. The Morgan fingerprint density at radius 3 is 2.75 bits per heavy atom. The predicted molar refractivity (Wildman–Crippen MR) is 84.4 cm³/mol. The normalized spacial score (nSPS) is 10.4. The number of benzene rings is 2. The van der Waals surface area contributed by atoms with E-state index in [9.17, 15) is 9.18 Å². The molecule has 0 spiro atoms. The van der Waals surface area contributed by atoms with Crippen LogP contribution < -0.4 is 5.32 Å². The largest absolute Gasteiger partial charge is 0.348 e. The number of hydrogen-bond acceptors (Lipinski definition) is 1. The highest BCUT2D eigenvalue weighted by atomic mass is 79.9. The SMILES string of the molecule is O=C(NCc1cc(Br)ccc1F)c1cccc(Br)c1Cl. The van der Waals surface area contributed by atoms with Crippen molar-refractivity contribution >= 4 is 49.4 Å². The van der Waals surface area contributed by atoms with Gasteiger partial charge in [0, 0.05) is 21.1 Å². The topological polar surface area (TPSA) is 29.1 Å². The molecule has 6 heteroatoms. The molecule has 20 heavy (non-hydrogen) atoms. The molecule has 0 atom stereocenters. The second-order valence-corrected chi connectivity index (χ2v) is 6.17. The van der Waals surface area contributed by atoms with Gasteiger partial charge < -0.3 is 5.32 Å². The van der Waals surface area contributed by atoms with Crippen LogP contribution in [-0.2, 0) is 6.54 Å². The summed E-state index contributed by atoms with van der Waals surface area (Å²) in [6, 6.07) is 9.64. The maximum absolute atomic E-state index is 13.6. The van der Waals surface area contributed by atoms with Crippen LogP contribution in [-0.4, -0.2) is 5.91 Å². The molecule has 1 amide bonds. The lowest BCUT2D eigenvalue weighted by Gasteiger charge is -2.09. The standard InChI is InChI=1S/C14H9Br2ClFNO/c15-9-4-5-12(18)8(6-9)7-19-14(20)10-2-1-3-11(16)13(10)17/h1-6H,7H2,(H,19,20). The van der Waals surface area contributed by atoms with E-state index >= 15 is 0 Å². The summed E-state index contributed by atoms with van der Waals surface area (Å²) < 4.78 is 15.0. The highest BCUT2D eigenvalue weighted by molar-refractivity contribution is 9.10. The maximum atomic E-state index is 13.6. The summed E-state index contributed by atoms with van der Waals surface area (Å²) in [6.45, 7) is 0.0902. The first-order valence-corrected chi connectivity index (χ1v) is 7.61. The van der Waals surface area contributed by atoms with E-state index in [0.29, 0.717) is 20.6 Å². The van der Waals surface area contributed by atoms with Crippen LogP contribution in [0.25, 0.3) is 0 Å². The number of halogens is 4. The van der Waals surface area contributed by atoms with Crippen LogP contribution in [0.4, 0.5) is 4.39 Å². The van der Waals surface area contributed by atoms with Gasteiger partial charge in [-0.1, -0.05) is 33.6 Å². The van der Waals surface area contributed by atoms with Crippen LogP contribution in [0.15, 0.2) is 45.3 Å². The van der Waals surface area contributed by atoms with Gasteiger partial charge in [0.2, 0.25) is 0 Å². The monoisotopic (exact) mass is 419 g/mol. The lowest BCUT2D eigenvalue weighted by atomic mass is 10.2. The molecule has 104 valence electrons. The van der Waals surface area contributed by atoms with E-state index in [-0.39, 0.29) is 18.3 Å². The molecule has 2 aromatic carbocycles. The molecule has 0 aliphatic heterocycles. The van der Waals surface area contributed by atoms with Crippen LogP contribution in [0.3, 0.4) is 0 Å². The van der Waals surface area contributed by atoms with E-state index in [1.165, 1.54) is 6.07 Å². The highest BCUT2D eigenvalue weighted by Crippen LogP contribution is 2.26. The summed E-state index contributed by atoms with van der Waals surface area (Å²) in [5, 5.41) is 2.98. The summed E-state index contributed by atoms with van der Waals surface area (Å²) in [7, 11) is 0. The minimum Gasteiger partial charge on any atom is -0.348 e. The Morgan fingerprint density at radius 1 is 1.25 bits per heavy atom. The summed E-state index contributed by atoms with van der Waals surface area (Å²) in [6.07, 6.45) is 0. The van der Waals surface area contributed by atoms with Crippen molar-refractivity contribution in [3.63, 3.8) is 0 Å². The average molecular weight is 421 g/mol. The Hall–Kier alpha value is -0.910. The number of carbonyl (C=O) groups is 1. The Labute approximate surface area is 137 Å². The van der Waals surface area contributed by atoms with E-state index in [1.807, 2.05) is 0 Å². The zero-order chi connectivity index (χ0) is 14.7. The second kappa shape index (κ2) is 6.70. The van der Waals surface area contributed by atoms with Crippen molar-refractivity contribution in [1.82, 2.24) is 5.32 Å². The summed E-state index contributed by atoms with van der Waals surface area (Å²) >= 11 is 12.6. The van der Waals surface area contributed by atoms with Gasteiger partial charge in [0.15, 0.2) is 0 Å². The molecule has 0 unspecified atom stereocenters. The fourth-order valence-corrected chi connectivity index (χ4v) is 2.62. The molecule has 0 aromatic heterocycles. The molecule has 0 saturated carbocycles. The van der Waals surface area contributed by atoms with Gasteiger partial charge in [0.25, 0.3) is 5.91 Å². The van der Waals surface area contributed by atoms with Gasteiger partial charge in [-0.3, -0.25) is 4.79 Å². The van der Waals surface area contributed by atoms with Crippen LogP contribution >= 0.6 is 43.5 Å². The lowest BCUT2D eigenvalue weighted by Crippen LogP contribution is -2.23. The van der Waals surface area contributed by atoms with Gasteiger partial charge in [-0.25, -0.2) is 4.39 Å². The van der Waals surface area contributed by atoms with Crippen molar-refractivity contribution in [2.75, 3.05) is 0 Å². The van der Waals surface area contributed by atoms with Gasteiger partial charge in [-0.15, -0.1) is 0 Å². The summed E-state index contributed by atoms with van der Waals surface area (Å²) in [5.74, 6) is -0.718. The van der Waals surface area contributed by atoms with Crippen molar-refractivity contribution in [3.8, 4) is 0 Å². The van der Waals surface area contributed by atoms with Crippen molar-refractivity contribution in [3.05, 3.63) is 67.3 Å². The van der Waals surface area contributed by atoms with Gasteiger partial charge in [-0.2, -0.15) is 0 Å². The van der Waals surface area contributed by atoms with Crippen LogP contribution in [0.2, 0.25) is 5.02 Å². The highest BCUT2D eigenvalue weighted by Gasteiger charge is 2.12. The van der Waals surface area contributed by atoms with Gasteiger partial charge in [0.05, 0.1) is 10.6 Å². The summed E-state index contributed by atoms with van der Waals surface area (Å²) in [4.78, 5) is 12.0. The molecular formula is C14H9Br2ClFNO. The fraction of sp³-hybridized carbons (Fsp3) is 0.0714. The van der Waals surface area contributed by atoms with Crippen LogP contribution in [0, 0.1) is 5.82 Å². The molecular weight excluding hydrogens is 412 g/mol. The van der Waals surface area contributed by atoms with Gasteiger partial charge in [0.1, 0.15) is 5.82 Å². The second-order valence-electron chi connectivity index (χ2n) is 4.02. The molecule has 2 nitrogen and oxygen atoms in total. The molecule has 0 radical (unpaired) electrons. The molecule has 1 N–H and O–H groups in total. The quantitative estimate of drug-likeness (QED) is 0.748. The molecule has 0 saturated heterocycles. The number of hydrogen-bond donors (Lipinski definition) is 1. The Kier molecular flexibility index (Phi) is 5.18. The van der Waals surface area contributed by atoms with Crippen LogP contribution in [0.1, 0.15) is 15.9 Å². The van der Waals surface area contributed by atoms with E-state index in [1.54, 1.807) is 30.3 Å². The first-order valence-electron chi connectivity index (χ1n) is 5.65.